The SMILES string of the molecule is CCCCCCC1(CCCCCC)c2cc(-c3ccc(-c4ccc(C)cc4C)cc3CC)ccc2-c2ccc(-c3ccc(-c4ccc(C)cc4C)cc3CC)cc21. The molecule has 0 unspecified atom stereocenters. The summed E-state index contributed by atoms with van der Waals surface area (Å²) in [6.07, 6.45) is 14.7. The van der Waals surface area contributed by atoms with E-state index in [4.69, 9.17) is 0 Å². The van der Waals surface area contributed by atoms with Gasteiger partial charge in [-0.2, -0.15) is 0 Å². The van der Waals surface area contributed by atoms with Crippen molar-refractivity contribution in [1.82, 2.24) is 0 Å². The highest BCUT2D eigenvalue weighted by Gasteiger charge is 2.42. The first-order valence-electron chi connectivity index (χ1n) is 22.4. The predicted molar refractivity (Wildman–Crippen MR) is 250 cm³/mol. The number of benzene rings is 6. The van der Waals surface area contributed by atoms with Crippen LogP contribution in [0, 0.1) is 27.7 Å². The molecule has 0 amide bonds. The molecular formula is C57H66. The smallest absolute Gasteiger partial charge is 0.0215 e. The first-order chi connectivity index (χ1) is 27.7. The zero-order valence-corrected chi connectivity index (χ0v) is 36.4. The van der Waals surface area contributed by atoms with E-state index in [9.17, 15) is 0 Å². The topological polar surface area (TPSA) is 0 Å². The molecule has 1 aliphatic rings. The summed E-state index contributed by atoms with van der Waals surface area (Å²) >= 11 is 0. The third kappa shape index (κ3) is 8.21. The van der Waals surface area contributed by atoms with Crippen molar-refractivity contribution in [2.24, 2.45) is 0 Å². The normalized spacial score (nSPS) is 12.8. The van der Waals surface area contributed by atoms with E-state index in [1.165, 1.54) is 153 Å². The minimum absolute atomic E-state index is 0.00876. The van der Waals surface area contributed by atoms with Crippen molar-refractivity contribution in [1.29, 1.82) is 0 Å². The lowest BCUT2D eigenvalue weighted by Crippen LogP contribution is -2.25. The molecule has 0 saturated heterocycles. The van der Waals surface area contributed by atoms with Crippen molar-refractivity contribution in [3.63, 3.8) is 0 Å². The van der Waals surface area contributed by atoms with E-state index >= 15 is 0 Å². The quantitative estimate of drug-likeness (QED) is 0.0864. The van der Waals surface area contributed by atoms with Gasteiger partial charge in [-0.1, -0.05) is 187 Å². The van der Waals surface area contributed by atoms with Crippen LogP contribution in [-0.4, -0.2) is 0 Å². The number of aryl methyl sites for hydroxylation is 6. The molecule has 0 saturated carbocycles. The Kier molecular flexibility index (Phi) is 12.7. The Bertz CT molecular complexity index is 2180. The largest absolute Gasteiger partial charge is 0.0654 e. The summed E-state index contributed by atoms with van der Waals surface area (Å²) < 4.78 is 0. The number of hydrogen-bond acceptors (Lipinski definition) is 0. The van der Waals surface area contributed by atoms with Crippen LogP contribution in [-0.2, 0) is 18.3 Å². The molecule has 0 N–H and O–H groups in total. The fourth-order valence-corrected chi connectivity index (χ4v) is 10.1. The molecule has 7 rings (SSSR count). The standard InChI is InChI=1S/C57H66/c1-9-13-15-17-31-57(32-18-16-14-10-2)55-37-47(51-27-21-45(35-43(51)11-3)49-25-19-39(5)33-41(49)7)23-29-53(55)54-30-24-48(38-56(54)57)52-28-22-46(36-44(52)12-4)50-26-20-40(6)34-42(50)8/h19-30,33-38H,9-18,31-32H2,1-8H3. The third-order valence-electron chi connectivity index (χ3n) is 13.3. The third-order valence-corrected chi connectivity index (χ3v) is 13.3. The van der Waals surface area contributed by atoms with Crippen molar-refractivity contribution in [2.45, 2.75) is 138 Å². The maximum atomic E-state index is 2.64. The Morgan fingerprint density at radius 2 is 0.719 bits per heavy atom. The zero-order chi connectivity index (χ0) is 40.1. The van der Waals surface area contributed by atoms with Crippen LogP contribution in [0.4, 0.5) is 0 Å². The molecule has 294 valence electrons. The Labute approximate surface area is 345 Å². The number of fused-ring (bicyclic) bond motifs is 3. The fourth-order valence-electron chi connectivity index (χ4n) is 10.1. The second-order valence-electron chi connectivity index (χ2n) is 17.3. The van der Waals surface area contributed by atoms with Crippen molar-refractivity contribution in [3.05, 3.63) is 154 Å². The zero-order valence-electron chi connectivity index (χ0n) is 36.4. The minimum Gasteiger partial charge on any atom is -0.0654 e. The Morgan fingerprint density at radius 1 is 0.351 bits per heavy atom. The van der Waals surface area contributed by atoms with Crippen molar-refractivity contribution in [2.75, 3.05) is 0 Å². The molecule has 6 aromatic rings. The van der Waals surface area contributed by atoms with E-state index in [1.54, 1.807) is 11.1 Å². The predicted octanol–water partition coefficient (Wildman–Crippen LogP) is 16.9. The van der Waals surface area contributed by atoms with Crippen LogP contribution in [0.25, 0.3) is 55.6 Å². The van der Waals surface area contributed by atoms with E-state index < -0.39 is 0 Å². The van der Waals surface area contributed by atoms with Crippen LogP contribution in [0.2, 0.25) is 0 Å². The van der Waals surface area contributed by atoms with Crippen LogP contribution in [0.5, 0.6) is 0 Å². The molecule has 0 heteroatoms. The summed E-state index contributed by atoms with van der Waals surface area (Å²) in [6.45, 7) is 18.2. The van der Waals surface area contributed by atoms with Gasteiger partial charge in [-0.25, -0.2) is 0 Å². The van der Waals surface area contributed by atoms with Crippen molar-refractivity contribution in [3.8, 4) is 55.6 Å². The average Bonchev–Trinajstić information content (AvgIpc) is 3.48. The van der Waals surface area contributed by atoms with Crippen LogP contribution in [0.1, 0.15) is 136 Å². The van der Waals surface area contributed by atoms with E-state index in [-0.39, 0.29) is 5.41 Å². The number of rotatable bonds is 16. The van der Waals surface area contributed by atoms with E-state index in [0.29, 0.717) is 0 Å². The molecule has 1 aliphatic carbocycles. The number of hydrogen-bond donors (Lipinski definition) is 0. The molecule has 6 aromatic carbocycles. The van der Waals surface area contributed by atoms with Gasteiger partial charge >= 0.3 is 0 Å². The van der Waals surface area contributed by atoms with Crippen molar-refractivity contribution < 1.29 is 0 Å². The molecule has 0 fully saturated rings. The highest BCUT2D eigenvalue weighted by atomic mass is 14.5. The van der Waals surface area contributed by atoms with E-state index in [1.807, 2.05) is 0 Å². The second kappa shape index (κ2) is 17.9. The molecule has 0 aromatic heterocycles. The highest BCUT2D eigenvalue weighted by Crippen LogP contribution is 2.56. The van der Waals surface area contributed by atoms with Gasteiger partial charge in [-0.05, 0) is 155 Å². The minimum atomic E-state index is 0.00876. The summed E-state index contributed by atoms with van der Waals surface area (Å²) in [4.78, 5) is 0. The summed E-state index contributed by atoms with van der Waals surface area (Å²) in [7, 11) is 0. The molecule has 0 nitrogen and oxygen atoms in total. The lowest BCUT2D eigenvalue weighted by molar-refractivity contribution is 0.401. The maximum absolute atomic E-state index is 2.64. The molecule has 0 atom stereocenters. The lowest BCUT2D eigenvalue weighted by Gasteiger charge is -2.33. The maximum Gasteiger partial charge on any atom is 0.0215 e. The number of unbranched alkanes of at least 4 members (excludes halogenated alkanes) is 6. The molecule has 0 heterocycles. The van der Waals surface area contributed by atoms with Gasteiger partial charge in [0.1, 0.15) is 0 Å². The van der Waals surface area contributed by atoms with Gasteiger partial charge in [0, 0.05) is 5.41 Å². The lowest BCUT2D eigenvalue weighted by atomic mass is 9.69. The van der Waals surface area contributed by atoms with Crippen LogP contribution >= 0.6 is 0 Å². The highest BCUT2D eigenvalue weighted by molar-refractivity contribution is 5.88. The van der Waals surface area contributed by atoms with Gasteiger partial charge in [-0.3, -0.25) is 0 Å². The summed E-state index contributed by atoms with van der Waals surface area (Å²) in [6, 6.07) is 43.3. The van der Waals surface area contributed by atoms with E-state index in [2.05, 4.69) is 165 Å². The van der Waals surface area contributed by atoms with Gasteiger partial charge in [-0.15, -0.1) is 0 Å². The Morgan fingerprint density at radius 3 is 1.09 bits per heavy atom. The Hall–Kier alpha value is -4.68. The van der Waals surface area contributed by atoms with Gasteiger partial charge in [0.05, 0.1) is 0 Å². The first-order valence-corrected chi connectivity index (χ1v) is 22.4. The van der Waals surface area contributed by atoms with Crippen LogP contribution in [0.3, 0.4) is 0 Å². The first kappa shape index (κ1) is 40.5. The van der Waals surface area contributed by atoms with Crippen LogP contribution in [0.15, 0.2) is 109 Å². The Balaban J connectivity index is 1.35. The molecular weight excluding hydrogens is 685 g/mol. The molecule has 0 bridgehead atoms. The molecule has 57 heavy (non-hydrogen) atoms. The summed E-state index contributed by atoms with van der Waals surface area (Å²) in [5.74, 6) is 0. The summed E-state index contributed by atoms with van der Waals surface area (Å²) in [5, 5.41) is 0. The monoisotopic (exact) mass is 751 g/mol. The summed E-state index contributed by atoms with van der Waals surface area (Å²) in [5.41, 5.74) is 25.1. The molecule has 0 spiro atoms. The van der Waals surface area contributed by atoms with Gasteiger partial charge in [0.25, 0.3) is 0 Å². The fraction of sp³-hybridized carbons (Fsp3) is 0.368. The van der Waals surface area contributed by atoms with Gasteiger partial charge < -0.3 is 0 Å². The van der Waals surface area contributed by atoms with Crippen molar-refractivity contribution >= 4 is 0 Å². The second-order valence-corrected chi connectivity index (χ2v) is 17.3. The molecule has 0 aliphatic heterocycles. The van der Waals surface area contributed by atoms with Gasteiger partial charge in [0.2, 0.25) is 0 Å². The van der Waals surface area contributed by atoms with Gasteiger partial charge in [0.15, 0.2) is 0 Å². The van der Waals surface area contributed by atoms with Crippen LogP contribution < -0.4 is 0 Å². The average molecular weight is 751 g/mol. The molecule has 0 radical (unpaired) electrons. The van der Waals surface area contributed by atoms with E-state index in [0.717, 1.165) is 12.8 Å².